The topological polar surface area (TPSA) is 53.1 Å². The van der Waals surface area contributed by atoms with Gasteiger partial charge in [0, 0.05) is 7.11 Å². The van der Waals surface area contributed by atoms with Crippen molar-refractivity contribution in [2.45, 2.75) is 18.9 Å². The molecule has 78 valence electrons. The van der Waals surface area contributed by atoms with E-state index < -0.39 is 0 Å². The number of ether oxygens (including phenoxy) is 1. The first-order valence-electron chi connectivity index (χ1n) is 4.71. The van der Waals surface area contributed by atoms with Crippen molar-refractivity contribution in [1.82, 2.24) is 9.78 Å². The summed E-state index contributed by atoms with van der Waals surface area (Å²) in [7, 11) is 1.72. The molecule has 0 bridgehead atoms. The van der Waals surface area contributed by atoms with Crippen LogP contribution in [0.25, 0.3) is 0 Å². The van der Waals surface area contributed by atoms with Gasteiger partial charge in [0.25, 0.3) is 0 Å². The number of methoxy groups -OCH3 is 1. The second-order valence-electron chi connectivity index (χ2n) is 3.68. The molecule has 1 aromatic rings. The zero-order valence-corrected chi connectivity index (χ0v) is 10.3. The first kappa shape index (κ1) is 10.2. The fraction of sp³-hybridized carbons (Fsp3) is 0.667. The second kappa shape index (κ2) is 4.06. The van der Waals surface area contributed by atoms with Crippen LogP contribution >= 0.6 is 22.6 Å². The SMILES string of the molecule is COCC(C1CC1)n1ncc(I)c1N. The molecule has 0 amide bonds. The maximum absolute atomic E-state index is 5.94. The lowest BCUT2D eigenvalue weighted by Gasteiger charge is -2.17. The third kappa shape index (κ3) is 1.88. The third-order valence-corrected chi connectivity index (χ3v) is 3.44. The van der Waals surface area contributed by atoms with Crippen LogP contribution in [0.3, 0.4) is 0 Å². The van der Waals surface area contributed by atoms with Crippen molar-refractivity contribution in [1.29, 1.82) is 0 Å². The molecule has 1 atom stereocenters. The first-order chi connectivity index (χ1) is 6.74. The van der Waals surface area contributed by atoms with E-state index in [1.54, 1.807) is 13.3 Å². The minimum atomic E-state index is 0.323. The van der Waals surface area contributed by atoms with Crippen molar-refractivity contribution >= 4 is 28.4 Å². The van der Waals surface area contributed by atoms with Crippen LogP contribution < -0.4 is 5.73 Å². The number of anilines is 1. The van der Waals surface area contributed by atoms with Gasteiger partial charge in [-0.1, -0.05) is 0 Å². The lowest BCUT2D eigenvalue weighted by Crippen LogP contribution is -2.19. The highest BCUT2D eigenvalue weighted by atomic mass is 127. The summed E-state index contributed by atoms with van der Waals surface area (Å²) in [4.78, 5) is 0. The van der Waals surface area contributed by atoms with Crippen molar-refractivity contribution < 1.29 is 4.74 Å². The van der Waals surface area contributed by atoms with Crippen molar-refractivity contribution in [3.8, 4) is 0 Å². The minimum Gasteiger partial charge on any atom is -0.383 e. The summed E-state index contributed by atoms with van der Waals surface area (Å²) in [6, 6.07) is 0.323. The quantitative estimate of drug-likeness (QED) is 0.861. The molecule has 0 saturated heterocycles. The number of rotatable bonds is 4. The number of hydrogen-bond acceptors (Lipinski definition) is 3. The number of halogens is 1. The summed E-state index contributed by atoms with van der Waals surface area (Å²) < 4.78 is 8.13. The molecule has 0 aromatic carbocycles. The smallest absolute Gasteiger partial charge is 0.135 e. The highest BCUT2D eigenvalue weighted by Gasteiger charge is 2.34. The van der Waals surface area contributed by atoms with Gasteiger partial charge in [-0.3, -0.25) is 0 Å². The molecule has 1 fully saturated rings. The van der Waals surface area contributed by atoms with Gasteiger partial charge in [-0.25, -0.2) is 4.68 Å². The number of hydrogen-bond donors (Lipinski definition) is 1. The summed E-state index contributed by atoms with van der Waals surface area (Å²) >= 11 is 2.20. The van der Waals surface area contributed by atoms with E-state index in [1.807, 2.05) is 4.68 Å². The maximum Gasteiger partial charge on any atom is 0.135 e. The van der Waals surface area contributed by atoms with Gasteiger partial charge in [0.1, 0.15) is 5.82 Å². The number of nitrogens with two attached hydrogens (primary N) is 1. The van der Waals surface area contributed by atoms with Gasteiger partial charge in [0.15, 0.2) is 0 Å². The molecule has 4 nitrogen and oxygen atoms in total. The average molecular weight is 307 g/mol. The standard InChI is InChI=1S/C9H14IN3O/c1-14-5-8(6-2-3-6)13-9(11)7(10)4-12-13/h4,6,8H,2-3,5,11H2,1H3. The van der Waals surface area contributed by atoms with Crippen molar-refractivity contribution in [3.63, 3.8) is 0 Å². The monoisotopic (exact) mass is 307 g/mol. The molecule has 1 unspecified atom stereocenters. The van der Waals surface area contributed by atoms with Crippen LogP contribution in [0.15, 0.2) is 6.20 Å². The lowest BCUT2D eigenvalue weighted by molar-refractivity contribution is 0.140. The normalized spacial score (nSPS) is 18.4. The third-order valence-electron chi connectivity index (χ3n) is 2.60. The Kier molecular flexibility index (Phi) is 2.96. The molecule has 1 aliphatic rings. The summed E-state index contributed by atoms with van der Waals surface area (Å²) in [6.45, 7) is 0.701. The fourth-order valence-corrected chi connectivity index (χ4v) is 2.04. The van der Waals surface area contributed by atoms with E-state index in [2.05, 4.69) is 27.7 Å². The Hall–Kier alpha value is -0.300. The molecule has 0 radical (unpaired) electrons. The van der Waals surface area contributed by atoms with Crippen LogP contribution in [0.4, 0.5) is 5.82 Å². The molecular formula is C9H14IN3O. The van der Waals surface area contributed by atoms with E-state index in [-0.39, 0.29) is 0 Å². The van der Waals surface area contributed by atoms with Gasteiger partial charge in [-0.2, -0.15) is 5.10 Å². The van der Waals surface area contributed by atoms with Gasteiger partial charge in [0.2, 0.25) is 0 Å². The Morgan fingerprint density at radius 2 is 2.50 bits per heavy atom. The Bertz CT molecular complexity index is 322. The zero-order chi connectivity index (χ0) is 10.1. The fourth-order valence-electron chi connectivity index (χ4n) is 1.67. The van der Waals surface area contributed by atoms with Gasteiger partial charge in [0.05, 0.1) is 22.4 Å². The van der Waals surface area contributed by atoms with Crippen LogP contribution in [0.1, 0.15) is 18.9 Å². The molecule has 2 rings (SSSR count). The Balaban J connectivity index is 2.20. The van der Waals surface area contributed by atoms with Crippen LogP contribution in [-0.2, 0) is 4.74 Å². The molecule has 1 aliphatic carbocycles. The zero-order valence-electron chi connectivity index (χ0n) is 8.11. The van der Waals surface area contributed by atoms with E-state index >= 15 is 0 Å². The van der Waals surface area contributed by atoms with Crippen LogP contribution in [0.5, 0.6) is 0 Å². The van der Waals surface area contributed by atoms with Gasteiger partial charge < -0.3 is 10.5 Å². The Labute approximate surface area is 96.9 Å². The predicted octanol–water partition coefficient (Wildman–Crippen LogP) is 1.67. The van der Waals surface area contributed by atoms with Gasteiger partial charge in [-0.15, -0.1) is 0 Å². The lowest BCUT2D eigenvalue weighted by atomic mass is 10.2. The predicted molar refractivity (Wildman–Crippen MR) is 63.0 cm³/mol. The molecule has 1 saturated carbocycles. The highest BCUT2D eigenvalue weighted by molar-refractivity contribution is 14.1. The molecule has 0 aliphatic heterocycles. The van der Waals surface area contributed by atoms with E-state index in [0.717, 1.165) is 9.39 Å². The van der Waals surface area contributed by atoms with Crippen LogP contribution in [0, 0.1) is 9.49 Å². The Morgan fingerprint density at radius 3 is 2.93 bits per heavy atom. The van der Waals surface area contributed by atoms with E-state index in [1.165, 1.54) is 12.8 Å². The van der Waals surface area contributed by atoms with Crippen molar-refractivity contribution in [2.24, 2.45) is 5.92 Å². The molecule has 5 heteroatoms. The minimum absolute atomic E-state index is 0.323. The number of nitrogen functional groups attached to an aromatic ring is 1. The van der Waals surface area contributed by atoms with Gasteiger partial charge in [-0.05, 0) is 41.4 Å². The molecule has 1 heterocycles. The summed E-state index contributed by atoms with van der Waals surface area (Å²) in [5.41, 5.74) is 5.94. The van der Waals surface area contributed by atoms with Crippen LogP contribution in [0.2, 0.25) is 0 Å². The molecule has 0 spiro atoms. The van der Waals surface area contributed by atoms with E-state index in [0.29, 0.717) is 18.6 Å². The number of nitrogens with zero attached hydrogens (tertiary/aromatic N) is 2. The molecule has 14 heavy (non-hydrogen) atoms. The molecular weight excluding hydrogens is 293 g/mol. The van der Waals surface area contributed by atoms with Crippen LogP contribution in [-0.4, -0.2) is 23.5 Å². The van der Waals surface area contributed by atoms with Gasteiger partial charge >= 0.3 is 0 Å². The largest absolute Gasteiger partial charge is 0.383 e. The van der Waals surface area contributed by atoms with Crippen molar-refractivity contribution in [3.05, 3.63) is 9.77 Å². The molecule has 1 aromatic heterocycles. The maximum atomic E-state index is 5.94. The highest BCUT2D eigenvalue weighted by Crippen LogP contribution is 2.40. The molecule has 2 N–H and O–H groups in total. The average Bonchev–Trinajstić information content (AvgIpc) is 2.94. The summed E-state index contributed by atoms with van der Waals surface area (Å²) in [5.74, 6) is 1.47. The number of aromatic nitrogens is 2. The second-order valence-corrected chi connectivity index (χ2v) is 4.84. The Morgan fingerprint density at radius 1 is 1.79 bits per heavy atom. The first-order valence-corrected chi connectivity index (χ1v) is 5.79. The van der Waals surface area contributed by atoms with E-state index in [4.69, 9.17) is 10.5 Å². The summed E-state index contributed by atoms with van der Waals surface area (Å²) in [6.07, 6.45) is 4.34. The summed E-state index contributed by atoms with van der Waals surface area (Å²) in [5, 5.41) is 4.30. The van der Waals surface area contributed by atoms with E-state index in [9.17, 15) is 0 Å². The van der Waals surface area contributed by atoms with Crippen molar-refractivity contribution in [2.75, 3.05) is 19.5 Å².